The van der Waals surface area contributed by atoms with E-state index in [2.05, 4.69) is 0 Å². The third kappa shape index (κ3) is 4.69. The molecular formula is C31H31NO5S. The van der Waals surface area contributed by atoms with Gasteiger partial charge in [-0.15, -0.1) is 0 Å². The van der Waals surface area contributed by atoms with Crippen molar-refractivity contribution in [3.8, 4) is 11.5 Å². The van der Waals surface area contributed by atoms with Crippen LogP contribution in [0.5, 0.6) is 11.5 Å². The molecule has 0 unspecified atom stereocenters. The molecule has 0 aliphatic carbocycles. The van der Waals surface area contributed by atoms with E-state index in [1.165, 1.54) is 4.31 Å². The van der Waals surface area contributed by atoms with Gasteiger partial charge in [-0.2, -0.15) is 4.31 Å². The van der Waals surface area contributed by atoms with Crippen LogP contribution in [0.3, 0.4) is 0 Å². The summed E-state index contributed by atoms with van der Waals surface area (Å²) in [5.74, 6) is 1.09. The van der Waals surface area contributed by atoms with Crippen molar-refractivity contribution in [3.05, 3.63) is 125 Å². The summed E-state index contributed by atoms with van der Waals surface area (Å²) in [6, 6.07) is 31.6. The van der Waals surface area contributed by atoms with Gasteiger partial charge in [0.05, 0.1) is 38.3 Å². The number of benzene rings is 4. The van der Waals surface area contributed by atoms with E-state index in [0.29, 0.717) is 18.1 Å². The van der Waals surface area contributed by atoms with Gasteiger partial charge in [0.1, 0.15) is 5.60 Å². The number of hydrogen-bond donors (Lipinski definition) is 0. The van der Waals surface area contributed by atoms with Gasteiger partial charge in [0.2, 0.25) is 10.0 Å². The molecule has 4 aromatic rings. The minimum Gasteiger partial charge on any atom is -0.493 e. The second-order valence-electron chi connectivity index (χ2n) is 9.41. The molecule has 1 aliphatic rings. The fraction of sp³-hybridized carbons (Fsp3) is 0.226. The Morgan fingerprint density at radius 1 is 0.816 bits per heavy atom. The van der Waals surface area contributed by atoms with E-state index in [4.69, 9.17) is 14.2 Å². The number of aryl methyl sites for hydroxylation is 1. The average Bonchev–Trinajstić information content (AvgIpc) is 2.94. The third-order valence-electron chi connectivity index (χ3n) is 7.07. The minimum atomic E-state index is -3.83. The monoisotopic (exact) mass is 529 g/mol. The van der Waals surface area contributed by atoms with Gasteiger partial charge in [-0.3, -0.25) is 0 Å². The van der Waals surface area contributed by atoms with Crippen LogP contribution in [0.15, 0.2) is 108 Å². The molecule has 4 aromatic carbocycles. The molecule has 196 valence electrons. The van der Waals surface area contributed by atoms with Crippen molar-refractivity contribution >= 4 is 10.0 Å². The molecule has 0 aromatic heterocycles. The molecule has 7 heteroatoms. The summed E-state index contributed by atoms with van der Waals surface area (Å²) in [5.41, 5.74) is 2.74. The molecule has 1 saturated heterocycles. The summed E-state index contributed by atoms with van der Waals surface area (Å²) in [5, 5.41) is 0. The van der Waals surface area contributed by atoms with Crippen LogP contribution in [-0.4, -0.2) is 33.5 Å². The normalized spacial score (nSPS) is 19.5. The lowest BCUT2D eigenvalue weighted by atomic mass is 9.76. The van der Waals surface area contributed by atoms with Crippen molar-refractivity contribution in [1.29, 1.82) is 0 Å². The Bertz CT molecular complexity index is 1490. The summed E-state index contributed by atoms with van der Waals surface area (Å²) in [7, 11) is -0.688. The lowest BCUT2D eigenvalue weighted by Crippen LogP contribution is -2.64. The van der Waals surface area contributed by atoms with Gasteiger partial charge >= 0.3 is 0 Å². The van der Waals surface area contributed by atoms with Gasteiger partial charge in [0.25, 0.3) is 0 Å². The molecule has 5 rings (SSSR count). The molecule has 0 amide bonds. The molecule has 38 heavy (non-hydrogen) atoms. The predicted octanol–water partition coefficient (Wildman–Crippen LogP) is 5.87. The average molecular weight is 530 g/mol. The highest BCUT2D eigenvalue weighted by atomic mass is 32.2. The van der Waals surface area contributed by atoms with E-state index >= 15 is 0 Å². The van der Waals surface area contributed by atoms with Gasteiger partial charge < -0.3 is 14.2 Å². The lowest BCUT2D eigenvalue weighted by Gasteiger charge is -2.56. The largest absolute Gasteiger partial charge is 0.493 e. The standard InChI is InChI=1S/C31H31NO5S/c1-23-14-17-27(18-15-23)38(33,34)32-22-31(26-12-8-5-9-13-26,37-21-24-10-6-4-7-11-24)30(32)25-16-19-28(35-2)29(20-25)36-3/h4-20,30H,21-22H2,1-3H3/t30-,31-/m0/s1. The molecule has 1 aliphatic heterocycles. The Labute approximate surface area is 224 Å². The zero-order chi connectivity index (χ0) is 26.8. The first-order chi connectivity index (χ1) is 18.4. The number of hydrogen-bond acceptors (Lipinski definition) is 5. The Hall–Kier alpha value is -3.65. The highest BCUT2D eigenvalue weighted by molar-refractivity contribution is 7.89. The second-order valence-corrected chi connectivity index (χ2v) is 11.3. The van der Waals surface area contributed by atoms with Gasteiger partial charge in [0.15, 0.2) is 11.5 Å². The van der Waals surface area contributed by atoms with Crippen LogP contribution in [0.25, 0.3) is 0 Å². The first kappa shape index (κ1) is 26.0. The van der Waals surface area contributed by atoms with Gasteiger partial charge in [-0.05, 0) is 47.9 Å². The van der Waals surface area contributed by atoms with E-state index < -0.39 is 21.7 Å². The van der Waals surface area contributed by atoms with Crippen molar-refractivity contribution < 1.29 is 22.6 Å². The highest BCUT2D eigenvalue weighted by Gasteiger charge is 2.60. The molecule has 0 N–H and O–H groups in total. The highest BCUT2D eigenvalue weighted by Crippen LogP contribution is 2.55. The summed E-state index contributed by atoms with van der Waals surface area (Å²) in [6.45, 7) is 2.43. The van der Waals surface area contributed by atoms with E-state index in [-0.39, 0.29) is 11.4 Å². The zero-order valence-corrected chi connectivity index (χ0v) is 22.5. The zero-order valence-electron chi connectivity index (χ0n) is 21.7. The number of ether oxygens (including phenoxy) is 3. The summed E-state index contributed by atoms with van der Waals surface area (Å²) >= 11 is 0. The molecule has 0 bridgehead atoms. The maximum Gasteiger partial charge on any atom is 0.243 e. The predicted molar refractivity (Wildman–Crippen MR) is 147 cm³/mol. The van der Waals surface area contributed by atoms with Crippen LogP contribution in [0, 0.1) is 6.92 Å². The van der Waals surface area contributed by atoms with Crippen LogP contribution in [0.4, 0.5) is 0 Å². The van der Waals surface area contributed by atoms with Crippen LogP contribution in [0.1, 0.15) is 28.3 Å². The number of nitrogens with zero attached hydrogens (tertiary/aromatic N) is 1. The number of sulfonamides is 1. The van der Waals surface area contributed by atoms with Crippen LogP contribution in [-0.2, 0) is 27.0 Å². The topological polar surface area (TPSA) is 65.1 Å². The molecule has 6 nitrogen and oxygen atoms in total. The summed E-state index contributed by atoms with van der Waals surface area (Å²) < 4.78 is 47.3. The number of methoxy groups -OCH3 is 2. The summed E-state index contributed by atoms with van der Waals surface area (Å²) in [4.78, 5) is 0.248. The van der Waals surface area contributed by atoms with E-state index in [1.807, 2.05) is 91.9 Å². The fourth-order valence-corrected chi connectivity index (χ4v) is 6.70. The smallest absolute Gasteiger partial charge is 0.243 e. The molecule has 2 atom stereocenters. The van der Waals surface area contributed by atoms with Crippen molar-refractivity contribution in [2.45, 2.75) is 30.1 Å². The van der Waals surface area contributed by atoms with E-state index in [0.717, 1.165) is 22.3 Å². The van der Waals surface area contributed by atoms with Crippen molar-refractivity contribution in [2.24, 2.45) is 0 Å². The van der Waals surface area contributed by atoms with E-state index in [9.17, 15) is 8.42 Å². The molecule has 1 fully saturated rings. The molecule has 0 saturated carbocycles. The van der Waals surface area contributed by atoms with Crippen LogP contribution >= 0.6 is 0 Å². The first-order valence-electron chi connectivity index (χ1n) is 12.4. The quantitative estimate of drug-likeness (QED) is 0.271. The Morgan fingerprint density at radius 2 is 1.45 bits per heavy atom. The molecular weight excluding hydrogens is 498 g/mol. The lowest BCUT2D eigenvalue weighted by molar-refractivity contribution is -0.176. The maximum absolute atomic E-state index is 14.0. The minimum absolute atomic E-state index is 0.166. The van der Waals surface area contributed by atoms with Gasteiger partial charge in [0, 0.05) is 0 Å². The van der Waals surface area contributed by atoms with Crippen LogP contribution < -0.4 is 9.47 Å². The summed E-state index contributed by atoms with van der Waals surface area (Å²) in [6.07, 6.45) is 0. The van der Waals surface area contributed by atoms with Crippen LogP contribution in [0.2, 0.25) is 0 Å². The van der Waals surface area contributed by atoms with Gasteiger partial charge in [-0.1, -0.05) is 84.4 Å². The van der Waals surface area contributed by atoms with Crippen molar-refractivity contribution in [2.75, 3.05) is 20.8 Å². The third-order valence-corrected chi connectivity index (χ3v) is 8.90. The van der Waals surface area contributed by atoms with Crippen molar-refractivity contribution in [1.82, 2.24) is 4.31 Å². The number of rotatable bonds is 9. The fourth-order valence-electron chi connectivity index (χ4n) is 5.02. The van der Waals surface area contributed by atoms with E-state index in [1.54, 1.807) is 32.4 Å². The molecule has 0 radical (unpaired) electrons. The molecule has 1 heterocycles. The first-order valence-corrected chi connectivity index (χ1v) is 13.9. The SMILES string of the molecule is COc1ccc([C@@H]2N(S(=O)(=O)c3ccc(C)cc3)C[C@]2(OCc2ccccc2)c2ccccc2)cc1OC. The second kappa shape index (κ2) is 10.6. The Kier molecular flexibility index (Phi) is 7.25. The van der Waals surface area contributed by atoms with Gasteiger partial charge in [-0.25, -0.2) is 8.42 Å². The Morgan fingerprint density at radius 3 is 2.08 bits per heavy atom. The van der Waals surface area contributed by atoms with Crippen molar-refractivity contribution in [3.63, 3.8) is 0 Å². The maximum atomic E-state index is 14.0. The molecule has 0 spiro atoms. The Balaban J connectivity index is 1.65.